The molecule has 0 radical (unpaired) electrons. The first kappa shape index (κ1) is 16.4. The van der Waals surface area contributed by atoms with E-state index in [1.165, 1.54) is 0 Å². The third-order valence-electron chi connectivity index (χ3n) is 3.88. The van der Waals surface area contributed by atoms with Crippen LogP contribution in [0.5, 0.6) is 0 Å². The molecule has 0 unspecified atom stereocenters. The van der Waals surface area contributed by atoms with Gasteiger partial charge in [0.15, 0.2) is 0 Å². The second kappa shape index (κ2) is 6.01. The smallest absolute Gasteiger partial charge is 0.142 e. The van der Waals surface area contributed by atoms with Crippen molar-refractivity contribution in [3.63, 3.8) is 0 Å². The molecule has 4 nitrogen and oxygen atoms in total. The van der Waals surface area contributed by atoms with Crippen molar-refractivity contribution >= 4 is 0 Å². The molecule has 0 aromatic carbocycles. The maximum atomic E-state index is 4.84. The van der Waals surface area contributed by atoms with Gasteiger partial charge in [0.1, 0.15) is 5.82 Å². The van der Waals surface area contributed by atoms with Crippen molar-refractivity contribution in [1.29, 1.82) is 0 Å². The summed E-state index contributed by atoms with van der Waals surface area (Å²) in [5.74, 6) is 0.967. The van der Waals surface area contributed by atoms with Crippen molar-refractivity contribution in [1.82, 2.24) is 20.2 Å². The van der Waals surface area contributed by atoms with Crippen molar-refractivity contribution in [3.8, 4) is 0 Å². The lowest BCUT2D eigenvalue weighted by Gasteiger charge is -2.28. The van der Waals surface area contributed by atoms with Gasteiger partial charge in [-0.25, -0.2) is 9.97 Å². The number of piperazine rings is 1. The van der Waals surface area contributed by atoms with Gasteiger partial charge >= 0.3 is 0 Å². The van der Waals surface area contributed by atoms with Gasteiger partial charge in [0.25, 0.3) is 0 Å². The van der Waals surface area contributed by atoms with E-state index in [4.69, 9.17) is 9.97 Å². The van der Waals surface area contributed by atoms with E-state index in [0.717, 1.165) is 49.9 Å². The minimum absolute atomic E-state index is 0.0567. The van der Waals surface area contributed by atoms with Gasteiger partial charge in [-0.3, -0.25) is 4.90 Å². The molecule has 0 amide bonds. The van der Waals surface area contributed by atoms with Gasteiger partial charge in [0.2, 0.25) is 0 Å². The summed E-state index contributed by atoms with van der Waals surface area (Å²) in [4.78, 5) is 12.1. The van der Waals surface area contributed by atoms with Crippen LogP contribution in [0.1, 0.15) is 58.8 Å². The number of rotatable bonds is 2. The standard InChI is InChI=1S/C17H30N4/c1-16(2,3)13-11-14(17(4,5)6)20-15(19-13)12-21-9-7-18-8-10-21/h11,18H,7-10,12H2,1-6H3. The first-order chi connectivity index (χ1) is 9.66. The molecule has 1 aliphatic rings. The second-order valence-corrected chi connectivity index (χ2v) is 8.08. The molecule has 1 aromatic heterocycles. The Bertz CT molecular complexity index is 444. The first-order valence-electron chi connectivity index (χ1n) is 7.98. The average molecular weight is 290 g/mol. The zero-order chi connectivity index (χ0) is 15.7. The number of nitrogens with one attached hydrogen (secondary N) is 1. The quantitative estimate of drug-likeness (QED) is 0.908. The maximum Gasteiger partial charge on any atom is 0.142 e. The fourth-order valence-corrected chi connectivity index (χ4v) is 2.41. The number of nitrogens with zero attached hydrogens (tertiary/aromatic N) is 3. The predicted octanol–water partition coefficient (Wildman–Crippen LogP) is 2.48. The Labute approximate surface area is 129 Å². The summed E-state index contributed by atoms with van der Waals surface area (Å²) in [6.45, 7) is 18.4. The Kier molecular flexibility index (Phi) is 4.69. The molecular formula is C17H30N4. The zero-order valence-corrected chi connectivity index (χ0v) is 14.5. The molecular weight excluding hydrogens is 260 g/mol. The van der Waals surface area contributed by atoms with Gasteiger partial charge in [0, 0.05) is 48.4 Å². The van der Waals surface area contributed by atoms with E-state index in [9.17, 15) is 0 Å². The van der Waals surface area contributed by atoms with Crippen LogP contribution in [0.2, 0.25) is 0 Å². The van der Waals surface area contributed by atoms with E-state index in [1.54, 1.807) is 0 Å². The van der Waals surface area contributed by atoms with E-state index in [2.05, 4.69) is 57.8 Å². The minimum Gasteiger partial charge on any atom is -0.314 e. The van der Waals surface area contributed by atoms with E-state index in [-0.39, 0.29) is 10.8 Å². The van der Waals surface area contributed by atoms with Crippen LogP contribution >= 0.6 is 0 Å². The summed E-state index contributed by atoms with van der Waals surface area (Å²) in [6.07, 6.45) is 0. The molecule has 0 bridgehead atoms. The molecule has 2 heterocycles. The molecule has 0 atom stereocenters. The first-order valence-corrected chi connectivity index (χ1v) is 7.98. The maximum absolute atomic E-state index is 4.84. The lowest BCUT2D eigenvalue weighted by molar-refractivity contribution is 0.227. The Morgan fingerprint density at radius 2 is 1.43 bits per heavy atom. The molecule has 1 saturated heterocycles. The van der Waals surface area contributed by atoms with Crippen molar-refractivity contribution < 1.29 is 0 Å². The number of hydrogen-bond donors (Lipinski definition) is 1. The van der Waals surface area contributed by atoms with Gasteiger partial charge in [-0.2, -0.15) is 0 Å². The van der Waals surface area contributed by atoms with Gasteiger partial charge in [0.05, 0.1) is 6.54 Å². The summed E-state index contributed by atoms with van der Waals surface area (Å²) in [7, 11) is 0. The molecule has 118 valence electrons. The monoisotopic (exact) mass is 290 g/mol. The highest BCUT2D eigenvalue weighted by molar-refractivity contribution is 5.22. The molecule has 1 aromatic rings. The normalized spacial score (nSPS) is 18.0. The van der Waals surface area contributed by atoms with Crippen LogP contribution in [-0.2, 0) is 17.4 Å². The number of hydrogen-bond acceptors (Lipinski definition) is 4. The zero-order valence-electron chi connectivity index (χ0n) is 14.5. The van der Waals surface area contributed by atoms with Crippen LogP contribution < -0.4 is 5.32 Å². The summed E-state index contributed by atoms with van der Waals surface area (Å²) in [5, 5.41) is 3.39. The fourth-order valence-electron chi connectivity index (χ4n) is 2.41. The minimum atomic E-state index is 0.0567. The van der Waals surface area contributed by atoms with Crippen LogP contribution in [0.15, 0.2) is 6.07 Å². The molecule has 21 heavy (non-hydrogen) atoms. The SMILES string of the molecule is CC(C)(C)c1cc(C(C)(C)C)nc(CN2CCNCC2)n1. The van der Waals surface area contributed by atoms with E-state index >= 15 is 0 Å². The van der Waals surface area contributed by atoms with Gasteiger partial charge < -0.3 is 5.32 Å². The van der Waals surface area contributed by atoms with Gasteiger partial charge in [-0.15, -0.1) is 0 Å². The van der Waals surface area contributed by atoms with E-state index in [0.29, 0.717) is 0 Å². The summed E-state index contributed by atoms with van der Waals surface area (Å²) in [5.41, 5.74) is 2.41. The van der Waals surface area contributed by atoms with Crippen LogP contribution in [0.3, 0.4) is 0 Å². The third-order valence-corrected chi connectivity index (χ3v) is 3.88. The molecule has 1 fully saturated rings. The lowest BCUT2D eigenvalue weighted by atomic mass is 9.86. The molecule has 1 aliphatic heterocycles. The number of aromatic nitrogens is 2. The lowest BCUT2D eigenvalue weighted by Crippen LogP contribution is -2.43. The van der Waals surface area contributed by atoms with Crippen LogP contribution in [0.25, 0.3) is 0 Å². The molecule has 0 saturated carbocycles. The molecule has 2 rings (SSSR count). The van der Waals surface area contributed by atoms with Gasteiger partial charge in [-0.05, 0) is 6.07 Å². The van der Waals surface area contributed by atoms with Crippen molar-refractivity contribution in [2.24, 2.45) is 0 Å². The second-order valence-electron chi connectivity index (χ2n) is 8.08. The summed E-state index contributed by atoms with van der Waals surface area (Å²) >= 11 is 0. The Balaban J connectivity index is 2.31. The predicted molar refractivity (Wildman–Crippen MR) is 87.6 cm³/mol. The average Bonchev–Trinajstić information content (AvgIpc) is 2.37. The van der Waals surface area contributed by atoms with Crippen LogP contribution in [-0.4, -0.2) is 41.0 Å². The van der Waals surface area contributed by atoms with Gasteiger partial charge in [-0.1, -0.05) is 41.5 Å². The Hall–Kier alpha value is -1.00. The van der Waals surface area contributed by atoms with Crippen molar-refractivity contribution in [2.45, 2.75) is 58.9 Å². The summed E-state index contributed by atoms with van der Waals surface area (Å²) < 4.78 is 0. The highest BCUT2D eigenvalue weighted by atomic mass is 15.2. The highest BCUT2D eigenvalue weighted by Crippen LogP contribution is 2.26. The Morgan fingerprint density at radius 1 is 0.952 bits per heavy atom. The molecule has 0 aliphatic carbocycles. The fraction of sp³-hybridized carbons (Fsp3) is 0.765. The molecule has 0 spiro atoms. The van der Waals surface area contributed by atoms with E-state index in [1.807, 2.05) is 0 Å². The van der Waals surface area contributed by atoms with Crippen molar-refractivity contribution in [2.75, 3.05) is 26.2 Å². The third kappa shape index (κ3) is 4.48. The largest absolute Gasteiger partial charge is 0.314 e. The highest BCUT2D eigenvalue weighted by Gasteiger charge is 2.23. The molecule has 1 N–H and O–H groups in total. The van der Waals surface area contributed by atoms with Crippen molar-refractivity contribution in [3.05, 3.63) is 23.3 Å². The Morgan fingerprint density at radius 3 is 1.86 bits per heavy atom. The molecule has 4 heteroatoms. The van der Waals surface area contributed by atoms with E-state index < -0.39 is 0 Å². The summed E-state index contributed by atoms with van der Waals surface area (Å²) in [6, 6.07) is 2.18. The topological polar surface area (TPSA) is 41.1 Å². The van der Waals surface area contributed by atoms with Crippen LogP contribution in [0.4, 0.5) is 0 Å². The van der Waals surface area contributed by atoms with Crippen LogP contribution in [0, 0.1) is 0 Å².